The molecule has 3 aliphatic heterocycles. The molecule has 3 heterocycles. The maximum Gasteiger partial charge on any atom is 0.305 e. The molecular weight excluding hydrogens is 492 g/mol. The SMILES string of the molecule is COC(=O)CCCCN1C(=O)[C@]2(O[C@H](CCO)[C@@H]([Si](C)(C)O)[C@@H]2C)c2cc(N3CCCCC3=O)ccc21. The molecule has 0 aliphatic carbocycles. The van der Waals surface area contributed by atoms with Crippen molar-refractivity contribution in [3.8, 4) is 0 Å². The Hall–Kier alpha value is -2.27. The van der Waals surface area contributed by atoms with Gasteiger partial charge in [-0.15, -0.1) is 0 Å². The van der Waals surface area contributed by atoms with Crippen molar-refractivity contribution < 1.29 is 33.8 Å². The summed E-state index contributed by atoms with van der Waals surface area (Å²) < 4.78 is 11.4. The van der Waals surface area contributed by atoms with E-state index in [9.17, 15) is 24.3 Å². The van der Waals surface area contributed by atoms with Crippen LogP contribution in [0, 0.1) is 5.92 Å². The van der Waals surface area contributed by atoms with Gasteiger partial charge < -0.3 is 29.2 Å². The Morgan fingerprint density at radius 1 is 1.24 bits per heavy atom. The van der Waals surface area contributed by atoms with E-state index in [1.165, 1.54) is 7.11 Å². The van der Waals surface area contributed by atoms with Gasteiger partial charge in [-0.25, -0.2) is 0 Å². The van der Waals surface area contributed by atoms with Gasteiger partial charge in [0.25, 0.3) is 5.91 Å². The molecule has 204 valence electrons. The van der Waals surface area contributed by atoms with Crippen molar-refractivity contribution in [3.05, 3.63) is 23.8 Å². The number of methoxy groups -OCH3 is 1. The monoisotopic (exact) mass is 532 g/mol. The molecule has 4 atom stereocenters. The largest absolute Gasteiger partial charge is 0.469 e. The lowest BCUT2D eigenvalue weighted by atomic mass is 9.82. The number of carbonyl (C=O) groups excluding carboxylic acids is 3. The van der Waals surface area contributed by atoms with Crippen LogP contribution in [-0.4, -0.2) is 68.9 Å². The van der Waals surface area contributed by atoms with E-state index in [4.69, 9.17) is 9.47 Å². The molecular formula is C27H40N2O7Si. The van der Waals surface area contributed by atoms with E-state index in [0.29, 0.717) is 38.8 Å². The fourth-order valence-corrected chi connectivity index (χ4v) is 9.18. The number of rotatable bonds is 9. The summed E-state index contributed by atoms with van der Waals surface area (Å²) in [6.45, 7) is 6.63. The van der Waals surface area contributed by atoms with Crippen LogP contribution in [0.4, 0.5) is 11.4 Å². The molecule has 0 radical (unpaired) electrons. The van der Waals surface area contributed by atoms with Crippen LogP contribution in [-0.2, 0) is 29.5 Å². The molecule has 1 aromatic rings. The molecule has 37 heavy (non-hydrogen) atoms. The minimum atomic E-state index is -2.78. The number of nitrogens with zero attached hydrogens (tertiary/aromatic N) is 2. The molecule has 0 aromatic heterocycles. The number of aliphatic hydroxyl groups excluding tert-OH is 1. The van der Waals surface area contributed by atoms with E-state index in [-0.39, 0.29) is 42.3 Å². The van der Waals surface area contributed by atoms with Gasteiger partial charge in [-0.05, 0) is 63.4 Å². The molecule has 2 saturated heterocycles. The molecule has 3 aliphatic rings. The highest BCUT2D eigenvalue weighted by atomic mass is 28.4. The van der Waals surface area contributed by atoms with E-state index in [1.54, 1.807) is 9.80 Å². The van der Waals surface area contributed by atoms with E-state index in [0.717, 1.165) is 29.8 Å². The van der Waals surface area contributed by atoms with Crippen LogP contribution in [0.3, 0.4) is 0 Å². The number of hydrogen-bond acceptors (Lipinski definition) is 7. The highest BCUT2D eigenvalue weighted by Gasteiger charge is 2.66. The predicted octanol–water partition coefficient (Wildman–Crippen LogP) is 3.07. The van der Waals surface area contributed by atoms with Gasteiger partial charge in [0.05, 0.1) is 18.9 Å². The summed E-state index contributed by atoms with van der Waals surface area (Å²) >= 11 is 0. The minimum Gasteiger partial charge on any atom is -0.469 e. The second-order valence-electron chi connectivity index (χ2n) is 11.1. The number of ether oxygens (including phenoxy) is 2. The van der Waals surface area contributed by atoms with Gasteiger partial charge in [0, 0.05) is 55.2 Å². The number of piperidine rings is 1. The van der Waals surface area contributed by atoms with Gasteiger partial charge in [0.15, 0.2) is 13.9 Å². The number of amides is 2. The van der Waals surface area contributed by atoms with Crippen molar-refractivity contribution in [2.75, 3.05) is 36.6 Å². The molecule has 0 bridgehead atoms. The molecule has 1 spiro atoms. The Bertz CT molecular complexity index is 1040. The first-order chi connectivity index (χ1) is 17.6. The number of unbranched alkanes of at least 4 members (excludes halogenated alkanes) is 1. The number of aliphatic hydroxyl groups is 1. The van der Waals surface area contributed by atoms with Crippen LogP contribution in [0.2, 0.25) is 18.6 Å². The first-order valence-electron chi connectivity index (χ1n) is 13.4. The zero-order valence-corrected chi connectivity index (χ0v) is 23.4. The second-order valence-corrected chi connectivity index (χ2v) is 15.0. The third-order valence-corrected chi connectivity index (χ3v) is 10.8. The van der Waals surface area contributed by atoms with Gasteiger partial charge >= 0.3 is 5.97 Å². The Kier molecular flexibility index (Phi) is 8.13. The third kappa shape index (κ3) is 4.96. The van der Waals surface area contributed by atoms with E-state index < -0.39 is 20.0 Å². The predicted molar refractivity (Wildman–Crippen MR) is 142 cm³/mol. The molecule has 2 amide bonds. The lowest BCUT2D eigenvalue weighted by molar-refractivity contribution is -0.146. The average Bonchev–Trinajstić information content (AvgIpc) is 3.28. The van der Waals surface area contributed by atoms with Gasteiger partial charge in [-0.3, -0.25) is 14.4 Å². The number of carbonyl (C=O) groups is 3. The Balaban J connectivity index is 1.75. The third-order valence-electron chi connectivity index (χ3n) is 8.26. The van der Waals surface area contributed by atoms with Crippen LogP contribution in [0.5, 0.6) is 0 Å². The first kappa shape index (κ1) is 27.8. The summed E-state index contributed by atoms with van der Waals surface area (Å²) in [6, 6.07) is 5.71. The van der Waals surface area contributed by atoms with Crippen LogP contribution < -0.4 is 9.80 Å². The van der Waals surface area contributed by atoms with Crippen LogP contribution in [0.25, 0.3) is 0 Å². The molecule has 4 rings (SSSR count). The van der Waals surface area contributed by atoms with E-state index in [2.05, 4.69) is 0 Å². The number of hydrogen-bond donors (Lipinski definition) is 2. The standard InChI is InChI=1S/C27H40N2O7Si/c1-18-25(37(3,4)34)22(13-16-30)36-27(18)20-17-19(28-14-7-5-9-23(28)31)11-12-21(20)29(26(27)33)15-8-6-10-24(32)35-2/h11-12,17-18,22,25,30,34H,5-10,13-16H2,1-4H3/t18-,22+,25-,27+/m0/s1. The molecule has 0 unspecified atom stereocenters. The van der Waals surface area contributed by atoms with Crippen molar-refractivity contribution in [2.24, 2.45) is 5.92 Å². The van der Waals surface area contributed by atoms with Crippen LogP contribution >= 0.6 is 0 Å². The second kappa shape index (κ2) is 10.8. The minimum absolute atomic E-state index is 0.0737. The first-order valence-corrected chi connectivity index (χ1v) is 16.4. The van der Waals surface area contributed by atoms with Gasteiger partial charge in [-0.1, -0.05) is 6.92 Å². The fraction of sp³-hybridized carbons (Fsp3) is 0.667. The summed E-state index contributed by atoms with van der Waals surface area (Å²) in [4.78, 5) is 53.3. The molecule has 2 N–H and O–H groups in total. The van der Waals surface area contributed by atoms with Crippen molar-refractivity contribution in [2.45, 2.75) is 82.2 Å². The summed E-state index contributed by atoms with van der Waals surface area (Å²) in [7, 11) is -1.42. The normalized spacial score (nSPS) is 27.8. The summed E-state index contributed by atoms with van der Waals surface area (Å²) in [5.41, 5.74) is 0.656. The summed E-state index contributed by atoms with van der Waals surface area (Å²) in [5.74, 6) is -0.712. The summed E-state index contributed by atoms with van der Waals surface area (Å²) in [5, 5.41) is 9.77. The quantitative estimate of drug-likeness (QED) is 0.285. The molecule has 9 nitrogen and oxygen atoms in total. The fourth-order valence-electron chi connectivity index (χ4n) is 6.57. The van der Waals surface area contributed by atoms with Crippen molar-refractivity contribution in [1.82, 2.24) is 0 Å². The lowest BCUT2D eigenvalue weighted by Crippen LogP contribution is -2.46. The van der Waals surface area contributed by atoms with Gasteiger partial charge in [0.2, 0.25) is 5.91 Å². The maximum absolute atomic E-state index is 14.3. The Morgan fingerprint density at radius 2 is 2.00 bits per heavy atom. The maximum atomic E-state index is 14.3. The average molecular weight is 533 g/mol. The highest BCUT2D eigenvalue weighted by Crippen LogP contribution is 2.60. The van der Waals surface area contributed by atoms with Crippen LogP contribution in [0.15, 0.2) is 18.2 Å². The van der Waals surface area contributed by atoms with Crippen molar-refractivity contribution in [1.29, 1.82) is 0 Å². The molecule has 10 heteroatoms. The zero-order chi connectivity index (χ0) is 27.0. The molecule has 0 saturated carbocycles. The smallest absolute Gasteiger partial charge is 0.305 e. The topological polar surface area (TPSA) is 117 Å². The van der Waals surface area contributed by atoms with Crippen molar-refractivity contribution >= 4 is 37.5 Å². The van der Waals surface area contributed by atoms with Crippen molar-refractivity contribution in [3.63, 3.8) is 0 Å². The van der Waals surface area contributed by atoms with Crippen LogP contribution in [0.1, 0.15) is 57.4 Å². The number of esters is 1. The van der Waals surface area contributed by atoms with E-state index in [1.807, 2.05) is 38.2 Å². The summed E-state index contributed by atoms with van der Waals surface area (Å²) in [6.07, 6.45) is 3.67. The molecule has 1 aromatic carbocycles. The highest BCUT2D eigenvalue weighted by molar-refractivity contribution is 6.71. The number of anilines is 2. The number of fused-ring (bicyclic) bond motifs is 2. The lowest BCUT2D eigenvalue weighted by Gasteiger charge is -2.33. The zero-order valence-electron chi connectivity index (χ0n) is 22.4. The number of benzene rings is 1. The van der Waals surface area contributed by atoms with Gasteiger partial charge in [-0.2, -0.15) is 0 Å². The van der Waals surface area contributed by atoms with Gasteiger partial charge in [0.1, 0.15) is 0 Å². The Labute approximate surface area is 219 Å². The molecule has 2 fully saturated rings. The van der Waals surface area contributed by atoms with E-state index >= 15 is 0 Å². The Morgan fingerprint density at radius 3 is 2.65 bits per heavy atom.